The first-order chi connectivity index (χ1) is 13.0. The van der Waals surface area contributed by atoms with Gasteiger partial charge in [-0.3, -0.25) is 0 Å². The van der Waals surface area contributed by atoms with Crippen LogP contribution in [-0.2, 0) is 27.2 Å². The van der Waals surface area contributed by atoms with Gasteiger partial charge in [-0.1, -0.05) is 25.1 Å². The number of aromatic nitrogens is 2. The first kappa shape index (κ1) is 20.8. The van der Waals surface area contributed by atoms with Gasteiger partial charge in [-0.05, 0) is 25.8 Å². The largest absolute Gasteiger partial charge is 0.370 e. The van der Waals surface area contributed by atoms with Crippen molar-refractivity contribution < 1.29 is 14.2 Å². The van der Waals surface area contributed by atoms with Gasteiger partial charge in [-0.25, -0.2) is 9.97 Å². The summed E-state index contributed by atoms with van der Waals surface area (Å²) in [6.07, 6.45) is 2.87. The molecule has 0 fully saturated rings. The molecular weight excluding hydrogens is 382 g/mol. The summed E-state index contributed by atoms with van der Waals surface area (Å²) in [6.45, 7) is 7.63. The second-order valence-corrected chi connectivity index (χ2v) is 9.39. The Balaban J connectivity index is 1.97. The van der Waals surface area contributed by atoms with E-state index in [0.717, 1.165) is 39.8 Å². The van der Waals surface area contributed by atoms with Gasteiger partial charge in [0, 0.05) is 31.3 Å². The molecule has 0 spiro atoms. The quantitative estimate of drug-likeness (QED) is 0.283. The normalized spacial score (nSPS) is 16.1. The molecule has 1 N–H and O–H groups in total. The Labute approximate surface area is 169 Å². The molecule has 8 heteroatoms. The second kappa shape index (κ2) is 9.05. The summed E-state index contributed by atoms with van der Waals surface area (Å²) in [7, 11) is 3.29. The molecule has 0 aliphatic carbocycles. The Kier molecular flexibility index (Phi) is 6.97. The van der Waals surface area contributed by atoms with Gasteiger partial charge in [-0.15, -0.1) is 11.3 Å². The number of ether oxygens (including phenoxy) is 3. The van der Waals surface area contributed by atoms with Crippen molar-refractivity contribution in [2.75, 3.05) is 31.8 Å². The van der Waals surface area contributed by atoms with Crippen LogP contribution in [0.5, 0.6) is 0 Å². The number of hydrogen-bond acceptors (Lipinski definition) is 8. The predicted molar refractivity (Wildman–Crippen MR) is 112 cm³/mol. The van der Waals surface area contributed by atoms with Crippen LogP contribution < -0.4 is 5.32 Å². The Hall–Kier alpha value is -0.930. The maximum Gasteiger partial charge on any atom is 0.190 e. The Morgan fingerprint density at radius 2 is 2.07 bits per heavy atom. The summed E-state index contributed by atoms with van der Waals surface area (Å²) in [5.41, 5.74) is 1.14. The molecule has 0 saturated carbocycles. The summed E-state index contributed by atoms with van der Waals surface area (Å²) in [5, 5.41) is 5.38. The first-order valence-electron chi connectivity index (χ1n) is 9.36. The number of hydrogen-bond donors (Lipinski definition) is 1. The number of unbranched alkanes of at least 4 members (excludes halogenated alkanes) is 1. The number of rotatable bonds is 9. The van der Waals surface area contributed by atoms with Gasteiger partial charge in [0.2, 0.25) is 0 Å². The second-order valence-electron chi connectivity index (χ2n) is 7.25. The summed E-state index contributed by atoms with van der Waals surface area (Å²) in [4.78, 5) is 12.0. The molecule has 0 unspecified atom stereocenters. The number of anilines is 1. The van der Waals surface area contributed by atoms with E-state index in [2.05, 4.69) is 26.1 Å². The van der Waals surface area contributed by atoms with E-state index in [0.29, 0.717) is 13.2 Å². The third kappa shape index (κ3) is 4.92. The van der Waals surface area contributed by atoms with Crippen molar-refractivity contribution in [2.45, 2.75) is 63.7 Å². The molecule has 2 aromatic rings. The molecule has 0 amide bonds. The lowest BCUT2D eigenvalue weighted by Gasteiger charge is -2.30. The fourth-order valence-corrected chi connectivity index (χ4v) is 5.16. The number of thioether (sulfide) groups is 1. The van der Waals surface area contributed by atoms with Crippen LogP contribution in [0.25, 0.3) is 10.2 Å². The van der Waals surface area contributed by atoms with E-state index >= 15 is 0 Å². The summed E-state index contributed by atoms with van der Waals surface area (Å²) in [5.74, 6) is 1.90. The zero-order chi connectivity index (χ0) is 19.4. The molecule has 6 nitrogen and oxygen atoms in total. The molecule has 3 rings (SSSR count). The van der Waals surface area contributed by atoms with Crippen LogP contribution >= 0.6 is 23.1 Å². The lowest BCUT2D eigenvalue weighted by atomic mass is 9.94. The van der Waals surface area contributed by atoms with Gasteiger partial charge in [0.25, 0.3) is 0 Å². The minimum Gasteiger partial charge on any atom is -0.370 e. The van der Waals surface area contributed by atoms with E-state index in [-0.39, 0.29) is 11.9 Å². The third-order valence-electron chi connectivity index (χ3n) is 4.60. The monoisotopic (exact) mass is 411 g/mol. The van der Waals surface area contributed by atoms with Crippen LogP contribution in [0.15, 0.2) is 5.16 Å². The highest BCUT2D eigenvalue weighted by atomic mass is 32.2. The van der Waals surface area contributed by atoms with Crippen LogP contribution in [0.4, 0.5) is 5.82 Å². The van der Waals surface area contributed by atoms with Crippen molar-refractivity contribution in [1.29, 1.82) is 0 Å². The molecular formula is C19H29N3O3S2. The van der Waals surface area contributed by atoms with Crippen molar-refractivity contribution >= 4 is 39.1 Å². The van der Waals surface area contributed by atoms with Crippen molar-refractivity contribution in [3.8, 4) is 0 Å². The lowest BCUT2D eigenvalue weighted by Crippen LogP contribution is -2.31. The van der Waals surface area contributed by atoms with E-state index < -0.39 is 0 Å². The van der Waals surface area contributed by atoms with E-state index in [1.54, 1.807) is 37.3 Å². The molecule has 0 saturated heterocycles. The van der Waals surface area contributed by atoms with E-state index in [1.807, 2.05) is 0 Å². The molecule has 1 aliphatic heterocycles. The minimum atomic E-state index is -0.319. The Bertz CT molecular complexity index is 775. The number of methoxy groups -OCH3 is 2. The molecule has 1 aliphatic rings. The number of nitrogens with one attached hydrogen (secondary N) is 1. The Morgan fingerprint density at radius 3 is 2.78 bits per heavy atom. The highest BCUT2D eigenvalue weighted by Crippen LogP contribution is 2.41. The SMILES string of the molecule is CCCCSc1nc(NCC(OC)OC)c2c3c(sc2n1)COC(C)(C)C3. The van der Waals surface area contributed by atoms with Crippen LogP contribution in [0, 0.1) is 0 Å². The van der Waals surface area contributed by atoms with Gasteiger partial charge < -0.3 is 19.5 Å². The average molecular weight is 412 g/mol. The number of nitrogens with zero attached hydrogens (tertiary/aromatic N) is 2. The number of fused-ring (bicyclic) bond motifs is 3. The third-order valence-corrected chi connectivity index (χ3v) is 6.63. The van der Waals surface area contributed by atoms with E-state index in [4.69, 9.17) is 24.2 Å². The molecule has 0 radical (unpaired) electrons. The topological polar surface area (TPSA) is 65.5 Å². The number of thiophene rings is 1. The van der Waals surface area contributed by atoms with Gasteiger partial charge in [-0.2, -0.15) is 0 Å². The molecule has 0 aromatic carbocycles. The minimum absolute atomic E-state index is 0.172. The lowest BCUT2D eigenvalue weighted by molar-refractivity contribution is -0.0914. The maximum atomic E-state index is 6.00. The average Bonchev–Trinajstić information content (AvgIpc) is 2.99. The molecule has 27 heavy (non-hydrogen) atoms. The molecule has 2 aromatic heterocycles. The van der Waals surface area contributed by atoms with Crippen molar-refractivity contribution in [3.63, 3.8) is 0 Å². The van der Waals surface area contributed by atoms with Crippen LogP contribution in [0.2, 0.25) is 0 Å². The molecule has 0 atom stereocenters. The van der Waals surface area contributed by atoms with E-state index in [9.17, 15) is 0 Å². The van der Waals surface area contributed by atoms with Gasteiger partial charge in [0.15, 0.2) is 11.4 Å². The van der Waals surface area contributed by atoms with Crippen molar-refractivity contribution in [1.82, 2.24) is 9.97 Å². The zero-order valence-electron chi connectivity index (χ0n) is 16.8. The fraction of sp³-hybridized carbons (Fsp3) is 0.684. The molecule has 3 heterocycles. The summed E-state index contributed by atoms with van der Waals surface area (Å²) < 4.78 is 16.6. The van der Waals surface area contributed by atoms with Crippen molar-refractivity contribution in [2.24, 2.45) is 0 Å². The van der Waals surface area contributed by atoms with Gasteiger partial charge in [0.05, 0.1) is 24.1 Å². The van der Waals surface area contributed by atoms with Crippen LogP contribution in [0.3, 0.4) is 0 Å². The molecule has 150 valence electrons. The predicted octanol–water partition coefficient (Wildman–Crippen LogP) is 4.47. The van der Waals surface area contributed by atoms with Crippen LogP contribution in [0.1, 0.15) is 44.1 Å². The standard InChI is InChI=1S/C19H29N3O3S2/c1-6-7-8-26-18-21-16(20-10-14(23-4)24-5)15-12-9-19(2,3)25-11-13(12)27-17(15)22-18/h14H,6-11H2,1-5H3,(H,20,21,22). The van der Waals surface area contributed by atoms with E-state index in [1.165, 1.54) is 16.9 Å². The van der Waals surface area contributed by atoms with Gasteiger partial charge in [0.1, 0.15) is 10.6 Å². The summed E-state index contributed by atoms with van der Waals surface area (Å²) >= 11 is 3.44. The van der Waals surface area contributed by atoms with Gasteiger partial charge >= 0.3 is 0 Å². The Morgan fingerprint density at radius 1 is 1.30 bits per heavy atom. The first-order valence-corrected chi connectivity index (χ1v) is 11.2. The smallest absolute Gasteiger partial charge is 0.190 e. The fourth-order valence-electron chi connectivity index (χ4n) is 3.07. The maximum absolute atomic E-state index is 6.00. The summed E-state index contributed by atoms with van der Waals surface area (Å²) in [6, 6.07) is 0. The highest BCUT2D eigenvalue weighted by Gasteiger charge is 2.31. The molecule has 0 bridgehead atoms. The van der Waals surface area contributed by atoms with Crippen LogP contribution in [-0.4, -0.2) is 48.4 Å². The highest BCUT2D eigenvalue weighted by molar-refractivity contribution is 7.99. The van der Waals surface area contributed by atoms with Crippen molar-refractivity contribution in [3.05, 3.63) is 10.4 Å². The zero-order valence-corrected chi connectivity index (χ0v) is 18.4.